The number of ether oxygens (including phenoxy) is 3. The van der Waals surface area contributed by atoms with Crippen molar-refractivity contribution in [2.75, 3.05) is 37.7 Å². The molecule has 1 N–H and O–H groups in total. The molecule has 4 aromatic rings. The lowest BCUT2D eigenvalue weighted by Gasteiger charge is -2.36. The highest BCUT2D eigenvalue weighted by Crippen LogP contribution is 2.50. The second kappa shape index (κ2) is 10.4. The molecule has 0 radical (unpaired) electrons. The minimum atomic E-state index is -1.33. The summed E-state index contributed by atoms with van der Waals surface area (Å²) in [5.74, 6) is -2.09. The van der Waals surface area contributed by atoms with Crippen LogP contribution in [0.5, 0.6) is 11.5 Å². The third kappa shape index (κ3) is 4.66. The molecule has 2 aromatic carbocycles. The van der Waals surface area contributed by atoms with E-state index in [1.54, 1.807) is 29.7 Å². The molecule has 0 bridgehead atoms. The molecular weight excluding hydrogens is 590 g/mol. The van der Waals surface area contributed by atoms with Gasteiger partial charge in [0, 0.05) is 44.7 Å². The molecule has 3 aliphatic heterocycles. The first-order chi connectivity index (χ1) is 20.2. The molecule has 0 aliphatic carbocycles. The van der Waals surface area contributed by atoms with Crippen LogP contribution in [0.15, 0.2) is 36.4 Å². The fourth-order valence-electron chi connectivity index (χ4n) is 5.77. The Balaban J connectivity index is 1.08. The molecule has 0 amide bonds. The Bertz CT molecular complexity index is 1700. The fourth-order valence-corrected chi connectivity index (χ4v) is 6.84. The van der Waals surface area contributed by atoms with Gasteiger partial charge in [0.2, 0.25) is 0 Å². The number of anilines is 1. The number of imidazole rings is 1. The molecule has 7 rings (SSSR count). The van der Waals surface area contributed by atoms with Gasteiger partial charge in [-0.1, -0.05) is 17.7 Å². The number of fused-ring (bicyclic) bond motifs is 2. The van der Waals surface area contributed by atoms with E-state index in [4.69, 9.17) is 25.8 Å². The van der Waals surface area contributed by atoms with Crippen molar-refractivity contribution in [1.29, 1.82) is 0 Å². The quantitative estimate of drug-likeness (QED) is 0.292. The number of carboxylic acids is 1. The Kier molecular flexibility index (Phi) is 6.76. The summed E-state index contributed by atoms with van der Waals surface area (Å²) in [7, 11) is 0. The van der Waals surface area contributed by atoms with E-state index in [-0.39, 0.29) is 22.1 Å². The molecule has 5 heterocycles. The van der Waals surface area contributed by atoms with Crippen LogP contribution >= 0.6 is 22.9 Å². The van der Waals surface area contributed by atoms with Gasteiger partial charge in [-0.2, -0.15) is 0 Å². The van der Waals surface area contributed by atoms with Crippen LogP contribution in [0.25, 0.3) is 10.3 Å². The molecule has 0 unspecified atom stereocenters. The normalized spacial score (nSPS) is 22.1. The van der Waals surface area contributed by atoms with Gasteiger partial charge in [0.05, 0.1) is 30.4 Å². The van der Waals surface area contributed by atoms with Crippen molar-refractivity contribution in [1.82, 2.24) is 14.5 Å². The number of aromatic nitrogens is 2. The van der Waals surface area contributed by atoms with Gasteiger partial charge in [-0.05, 0) is 36.8 Å². The van der Waals surface area contributed by atoms with Crippen LogP contribution in [0.3, 0.4) is 0 Å². The zero-order valence-electron chi connectivity index (χ0n) is 22.6. The summed E-state index contributed by atoms with van der Waals surface area (Å²) >= 11 is 6.81. The maximum atomic E-state index is 15.1. The standard InChI is InChI=1S/C29H27ClF2N4O5S/c1-29(18-6-5-16(30)13-19(18)31)40-21-4-2-3-20(25(21)41-29)35-10-8-34(9-11-35)15-22-33-27-24(23(32)26(42-27)28(37)38)36(22)14-17-7-12-39-17/h2-6,13,17H,7-12,14-15H2,1H3,(H,37,38)/t17-,29-/m0/s1. The van der Waals surface area contributed by atoms with Gasteiger partial charge in [-0.25, -0.2) is 18.6 Å². The van der Waals surface area contributed by atoms with Crippen molar-refractivity contribution in [3.05, 3.63) is 69.3 Å². The summed E-state index contributed by atoms with van der Waals surface area (Å²) in [5, 5.41) is 9.68. The third-order valence-electron chi connectivity index (χ3n) is 8.05. The lowest BCUT2D eigenvalue weighted by molar-refractivity contribution is -0.0705. The molecule has 3 aliphatic rings. The van der Waals surface area contributed by atoms with Gasteiger partial charge in [0.25, 0.3) is 5.79 Å². The first kappa shape index (κ1) is 27.4. The number of thiophene rings is 1. The predicted octanol–water partition coefficient (Wildman–Crippen LogP) is 5.48. The van der Waals surface area contributed by atoms with Crippen LogP contribution in [0, 0.1) is 11.6 Å². The number of piperazine rings is 1. The van der Waals surface area contributed by atoms with Gasteiger partial charge in [0.1, 0.15) is 22.0 Å². The van der Waals surface area contributed by atoms with Crippen molar-refractivity contribution in [2.24, 2.45) is 0 Å². The molecule has 0 saturated carbocycles. The molecule has 13 heteroatoms. The van der Waals surface area contributed by atoms with Gasteiger partial charge in [0.15, 0.2) is 22.2 Å². The van der Waals surface area contributed by atoms with E-state index in [9.17, 15) is 14.3 Å². The number of carboxylic acid groups (broad SMARTS) is 1. The van der Waals surface area contributed by atoms with Crippen molar-refractivity contribution in [3.8, 4) is 11.5 Å². The van der Waals surface area contributed by atoms with Gasteiger partial charge < -0.3 is 28.8 Å². The summed E-state index contributed by atoms with van der Waals surface area (Å²) in [6, 6.07) is 10.1. The highest BCUT2D eigenvalue weighted by Gasteiger charge is 2.43. The number of para-hydroxylation sites is 1. The second-order valence-electron chi connectivity index (χ2n) is 10.8. The molecule has 220 valence electrons. The van der Waals surface area contributed by atoms with E-state index in [1.807, 2.05) is 12.1 Å². The number of halogens is 3. The first-order valence-corrected chi connectivity index (χ1v) is 14.9. The number of hydrogen-bond donors (Lipinski definition) is 1. The van der Waals surface area contributed by atoms with Crippen molar-refractivity contribution >= 4 is 44.9 Å². The first-order valence-electron chi connectivity index (χ1n) is 13.7. The minimum absolute atomic E-state index is 0.0417. The van der Waals surface area contributed by atoms with Gasteiger partial charge >= 0.3 is 5.97 Å². The third-order valence-corrected chi connectivity index (χ3v) is 9.32. The highest BCUT2D eigenvalue weighted by atomic mass is 35.5. The predicted molar refractivity (Wildman–Crippen MR) is 153 cm³/mol. The highest BCUT2D eigenvalue weighted by molar-refractivity contribution is 7.20. The molecular formula is C29H27ClF2N4O5S. The largest absolute Gasteiger partial charge is 0.477 e. The van der Waals surface area contributed by atoms with Gasteiger partial charge in [-0.15, -0.1) is 11.3 Å². The average molecular weight is 617 g/mol. The molecule has 0 spiro atoms. The lowest BCUT2D eigenvalue weighted by Crippen LogP contribution is -2.46. The Morgan fingerprint density at radius 2 is 1.98 bits per heavy atom. The summed E-state index contributed by atoms with van der Waals surface area (Å²) in [6.07, 6.45) is 0.826. The maximum absolute atomic E-state index is 15.1. The number of rotatable bonds is 7. The zero-order valence-corrected chi connectivity index (χ0v) is 24.2. The second-order valence-corrected chi connectivity index (χ2v) is 12.2. The molecule has 42 heavy (non-hydrogen) atoms. The smallest absolute Gasteiger partial charge is 0.349 e. The maximum Gasteiger partial charge on any atom is 0.349 e. The molecule has 2 atom stereocenters. The van der Waals surface area contributed by atoms with Crippen LogP contribution in [-0.2, 0) is 23.6 Å². The summed E-state index contributed by atoms with van der Waals surface area (Å²) in [4.78, 5) is 20.7. The van der Waals surface area contributed by atoms with E-state index in [1.165, 1.54) is 6.07 Å². The van der Waals surface area contributed by atoms with Crippen molar-refractivity contribution in [3.63, 3.8) is 0 Å². The Labute approximate surface area is 248 Å². The Morgan fingerprint density at radius 1 is 1.19 bits per heavy atom. The van der Waals surface area contributed by atoms with Crippen LogP contribution in [0.2, 0.25) is 5.02 Å². The van der Waals surface area contributed by atoms with E-state index in [0.717, 1.165) is 23.4 Å². The topological polar surface area (TPSA) is 89.3 Å². The number of carbonyl (C=O) groups is 1. The Morgan fingerprint density at radius 3 is 2.67 bits per heavy atom. The summed E-state index contributed by atoms with van der Waals surface area (Å²) in [5.41, 5.74) is 1.35. The van der Waals surface area contributed by atoms with Crippen LogP contribution in [-0.4, -0.2) is 64.4 Å². The summed E-state index contributed by atoms with van der Waals surface area (Å²) < 4.78 is 49.7. The monoisotopic (exact) mass is 616 g/mol. The van der Waals surface area contributed by atoms with Crippen LogP contribution in [0.4, 0.5) is 14.5 Å². The zero-order chi connectivity index (χ0) is 29.2. The van der Waals surface area contributed by atoms with Crippen molar-refractivity contribution < 1.29 is 32.9 Å². The SMILES string of the molecule is C[C@]1(c2ccc(Cl)cc2F)Oc2cccc(N3CCN(Cc4nc5sc(C(=O)O)c(F)c5n4C[C@@H]4CCO4)CC3)c2O1. The Hall–Kier alpha value is -3.45. The fraction of sp³-hybridized carbons (Fsp3) is 0.379. The number of hydrogen-bond acceptors (Lipinski definition) is 8. The van der Waals surface area contributed by atoms with Gasteiger partial charge in [-0.3, -0.25) is 4.90 Å². The van der Waals surface area contributed by atoms with Crippen molar-refractivity contribution in [2.45, 2.75) is 38.3 Å². The van der Waals surface area contributed by atoms with E-state index < -0.39 is 23.4 Å². The van der Waals surface area contributed by atoms with Crippen LogP contribution < -0.4 is 14.4 Å². The summed E-state index contributed by atoms with van der Waals surface area (Å²) in [6.45, 7) is 6.05. The van der Waals surface area contributed by atoms with E-state index in [2.05, 4.69) is 14.8 Å². The number of nitrogens with zero attached hydrogens (tertiary/aromatic N) is 4. The molecule has 2 saturated heterocycles. The van der Waals surface area contributed by atoms with E-state index in [0.29, 0.717) is 73.1 Å². The average Bonchev–Trinajstić information content (AvgIpc) is 3.56. The molecule has 9 nitrogen and oxygen atoms in total. The number of aromatic carboxylic acids is 1. The number of benzene rings is 2. The molecule has 2 aromatic heterocycles. The minimum Gasteiger partial charge on any atom is -0.477 e. The molecule has 2 fully saturated rings. The lowest BCUT2D eigenvalue weighted by atomic mass is 10.1. The van der Waals surface area contributed by atoms with E-state index >= 15 is 4.39 Å². The van der Waals surface area contributed by atoms with Crippen LogP contribution in [0.1, 0.15) is 34.4 Å².